The van der Waals surface area contributed by atoms with Gasteiger partial charge in [-0.2, -0.15) is 0 Å². The average molecular weight is 160 g/mol. The van der Waals surface area contributed by atoms with Crippen molar-refractivity contribution in [2.45, 2.75) is 0 Å². The molecule has 0 aliphatic rings. The van der Waals surface area contributed by atoms with Crippen molar-refractivity contribution in [1.29, 1.82) is 0 Å². The second-order valence-electron chi connectivity index (χ2n) is 2.52. The van der Waals surface area contributed by atoms with E-state index in [-0.39, 0.29) is 5.69 Å². The zero-order valence-electron chi connectivity index (χ0n) is 6.01. The third-order valence-electron chi connectivity index (χ3n) is 1.89. The van der Waals surface area contributed by atoms with Crippen LogP contribution < -0.4 is 5.69 Å². The molecule has 5 nitrogen and oxygen atoms in total. The highest BCUT2D eigenvalue weighted by Crippen LogP contribution is 2.04. The molecule has 3 aromatic heterocycles. The van der Waals surface area contributed by atoms with Crippen molar-refractivity contribution < 1.29 is 0 Å². The van der Waals surface area contributed by atoms with Crippen molar-refractivity contribution in [1.82, 2.24) is 18.8 Å². The molecular weight excluding hydrogens is 156 g/mol. The van der Waals surface area contributed by atoms with Gasteiger partial charge in [-0.1, -0.05) is 0 Å². The lowest BCUT2D eigenvalue weighted by Crippen LogP contribution is -2.11. The van der Waals surface area contributed by atoms with E-state index in [0.717, 1.165) is 0 Å². The van der Waals surface area contributed by atoms with Gasteiger partial charge in [-0.3, -0.25) is 0 Å². The Bertz CT molecular complexity index is 542. The molecule has 0 unspecified atom stereocenters. The zero-order valence-corrected chi connectivity index (χ0v) is 6.01. The molecule has 3 rings (SSSR count). The summed E-state index contributed by atoms with van der Waals surface area (Å²) in [6.07, 6.45) is 6.44. The van der Waals surface area contributed by atoms with E-state index in [0.29, 0.717) is 11.3 Å². The standard InChI is InChI=1S/C7H4N4O/c12-7-10-3-1-8-5(10)6-9-2-4-11(6)7/h1-4H. The molecule has 0 aliphatic carbocycles. The van der Waals surface area contributed by atoms with E-state index in [2.05, 4.69) is 9.97 Å². The summed E-state index contributed by atoms with van der Waals surface area (Å²) in [6, 6.07) is 0. The maximum atomic E-state index is 11.5. The third kappa shape index (κ3) is 0.449. The SMILES string of the molecule is O=c1n2ccnc2c2nccn12. The molecule has 0 spiro atoms. The molecule has 0 saturated heterocycles. The van der Waals surface area contributed by atoms with Crippen molar-refractivity contribution >= 4 is 11.3 Å². The van der Waals surface area contributed by atoms with Crippen molar-refractivity contribution in [3.63, 3.8) is 0 Å². The molecule has 0 saturated carbocycles. The Balaban J connectivity index is 2.87. The Morgan fingerprint density at radius 1 is 1.00 bits per heavy atom. The highest BCUT2D eigenvalue weighted by Gasteiger charge is 2.09. The van der Waals surface area contributed by atoms with E-state index < -0.39 is 0 Å². The highest BCUT2D eigenvalue weighted by molar-refractivity contribution is 5.66. The molecule has 3 aromatic rings. The molecule has 58 valence electrons. The van der Waals surface area contributed by atoms with Gasteiger partial charge in [-0.25, -0.2) is 23.6 Å². The molecule has 0 aromatic carbocycles. The predicted molar refractivity (Wildman–Crippen MR) is 41.4 cm³/mol. The van der Waals surface area contributed by atoms with Crippen LogP contribution in [-0.2, 0) is 0 Å². The van der Waals surface area contributed by atoms with E-state index in [9.17, 15) is 4.79 Å². The van der Waals surface area contributed by atoms with E-state index in [1.807, 2.05) is 0 Å². The third-order valence-corrected chi connectivity index (χ3v) is 1.89. The van der Waals surface area contributed by atoms with Crippen LogP contribution in [0.3, 0.4) is 0 Å². The Hall–Kier alpha value is -1.91. The van der Waals surface area contributed by atoms with Gasteiger partial charge in [0, 0.05) is 24.8 Å². The van der Waals surface area contributed by atoms with Gasteiger partial charge < -0.3 is 0 Å². The van der Waals surface area contributed by atoms with Crippen LogP contribution in [0.5, 0.6) is 0 Å². The number of rotatable bonds is 0. The summed E-state index contributed by atoms with van der Waals surface area (Å²) in [6.45, 7) is 0. The maximum absolute atomic E-state index is 11.5. The Morgan fingerprint density at radius 3 is 2.00 bits per heavy atom. The molecule has 0 fully saturated rings. The van der Waals surface area contributed by atoms with Crippen LogP contribution in [0.2, 0.25) is 0 Å². The maximum Gasteiger partial charge on any atom is 0.339 e. The first-order valence-electron chi connectivity index (χ1n) is 3.50. The number of imidazole rings is 3. The summed E-state index contributed by atoms with van der Waals surface area (Å²) in [7, 11) is 0. The molecule has 0 N–H and O–H groups in total. The van der Waals surface area contributed by atoms with Crippen LogP contribution in [0, 0.1) is 0 Å². The topological polar surface area (TPSA) is 51.7 Å². The van der Waals surface area contributed by atoms with Gasteiger partial charge in [-0.15, -0.1) is 0 Å². The number of nitrogens with zero attached hydrogens (tertiary/aromatic N) is 4. The minimum Gasteiger partial charge on any atom is -0.248 e. The van der Waals surface area contributed by atoms with Gasteiger partial charge in [0.05, 0.1) is 0 Å². The summed E-state index contributed by atoms with van der Waals surface area (Å²) < 4.78 is 2.95. The monoisotopic (exact) mass is 160 g/mol. The summed E-state index contributed by atoms with van der Waals surface area (Å²) in [5.41, 5.74) is 1.12. The molecule has 0 aliphatic heterocycles. The molecule has 0 atom stereocenters. The van der Waals surface area contributed by atoms with E-state index in [1.54, 1.807) is 24.8 Å². The molecule has 3 heterocycles. The normalized spacial score (nSPS) is 11.7. The summed E-state index contributed by atoms with van der Waals surface area (Å²) in [5.74, 6) is 0. The van der Waals surface area contributed by atoms with Crippen LogP contribution >= 0.6 is 0 Å². The second-order valence-corrected chi connectivity index (χ2v) is 2.52. The highest BCUT2D eigenvalue weighted by atomic mass is 16.1. The molecule has 0 amide bonds. The van der Waals surface area contributed by atoms with E-state index >= 15 is 0 Å². The Morgan fingerprint density at radius 2 is 1.50 bits per heavy atom. The molecule has 5 heteroatoms. The lowest BCUT2D eigenvalue weighted by molar-refractivity contribution is 1.01. The Kier molecular flexibility index (Phi) is 0.776. The molecule has 0 radical (unpaired) electrons. The first kappa shape index (κ1) is 5.70. The van der Waals surface area contributed by atoms with Crippen LogP contribution in [0.15, 0.2) is 29.6 Å². The van der Waals surface area contributed by atoms with Crippen LogP contribution in [0.25, 0.3) is 11.3 Å². The number of hydrogen-bond acceptors (Lipinski definition) is 3. The fraction of sp³-hybridized carbons (Fsp3) is 0. The summed E-state index contributed by atoms with van der Waals surface area (Å²) >= 11 is 0. The van der Waals surface area contributed by atoms with Gasteiger partial charge in [0.25, 0.3) is 0 Å². The molecular formula is C7H4N4O. The van der Waals surface area contributed by atoms with Gasteiger partial charge in [0.2, 0.25) is 0 Å². The van der Waals surface area contributed by atoms with Crippen molar-refractivity contribution in [2.75, 3.05) is 0 Å². The van der Waals surface area contributed by atoms with Gasteiger partial charge in [0.15, 0.2) is 11.3 Å². The second kappa shape index (κ2) is 1.63. The minimum absolute atomic E-state index is 0.116. The minimum atomic E-state index is -0.116. The van der Waals surface area contributed by atoms with Crippen molar-refractivity contribution in [2.24, 2.45) is 0 Å². The van der Waals surface area contributed by atoms with Crippen LogP contribution in [-0.4, -0.2) is 18.8 Å². The van der Waals surface area contributed by atoms with Crippen molar-refractivity contribution in [3.8, 4) is 0 Å². The van der Waals surface area contributed by atoms with Crippen LogP contribution in [0.1, 0.15) is 0 Å². The van der Waals surface area contributed by atoms with Gasteiger partial charge in [-0.05, 0) is 0 Å². The molecule has 12 heavy (non-hydrogen) atoms. The van der Waals surface area contributed by atoms with Crippen molar-refractivity contribution in [3.05, 3.63) is 35.3 Å². The van der Waals surface area contributed by atoms with E-state index in [1.165, 1.54) is 8.80 Å². The average Bonchev–Trinajstić information content (AvgIpc) is 2.72. The van der Waals surface area contributed by atoms with Gasteiger partial charge in [0.1, 0.15) is 0 Å². The van der Waals surface area contributed by atoms with Crippen LogP contribution in [0.4, 0.5) is 0 Å². The predicted octanol–water partition coefficient (Wildman–Crippen LogP) is -0.220. The first-order chi connectivity index (χ1) is 5.88. The largest absolute Gasteiger partial charge is 0.339 e. The number of aromatic nitrogens is 4. The summed E-state index contributed by atoms with van der Waals surface area (Å²) in [5, 5.41) is 0. The molecule has 0 bridgehead atoms. The number of hydrogen-bond donors (Lipinski definition) is 0. The Labute approximate surface area is 66.3 Å². The van der Waals surface area contributed by atoms with E-state index in [4.69, 9.17) is 0 Å². The first-order valence-corrected chi connectivity index (χ1v) is 3.50. The lowest BCUT2D eigenvalue weighted by Gasteiger charge is -1.73. The lowest BCUT2D eigenvalue weighted by atomic mass is 10.7. The zero-order chi connectivity index (χ0) is 8.13. The fourth-order valence-electron chi connectivity index (χ4n) is 1.36. The van der Waals surface area contributed by atoms with Gasteiger partial charge >= 0.3 is 5.69 Å². The quantitative estimate of drug-likeness (QED) is 0.457. The number of fused-ring (bicyclic) bond motifs is 3. The smallest absolute Gasteiger partial charge is 0.248 e. The summed E-state index contributed by atoms with van der Waals surface area (Å²) in [4.78, 5) is 19.5. The fourth-order valence-corrected chi connectivity index (χ4v) is 1.36.